The first-order valence-corrected chi connectivity index (χ1v) is 8.77. The van der Waals surface area contributed by atoms with Gasteiger partial charge in [0, 0.05) is 11.7 Å². The highest BCUT2D eigenvalue weighted by molar-refractivity contribution is 7.90. The number of benzene rings is 2. The Morgan fingerprint density at radius 3 is 2.09 bits per heavy atom. The van der Waals surface area contributed by atoms with Crippen LogP contribution in [0.1, 0.15) is 19.4 Å². The van der Waals surface area contributed by atoms with Crippen molar-refractivity contribution < 1.29 is 13.2 Å². The van der Waals surface area contributed by atoms with Crippen LogP contribution in [-0.4, -0.2) is 20.5 Å². The van der Waals surface area contributed by atoms with Crippen LogP contribution >= 0.6 is 0 Å². The van der Waals surface area contributed by atoms with Gasteiger partial charge >= 0.3 is 6.03 Å². The molecule has 0 bridgehead atoms. The Morgan fingerprint density at radius 2 is 1.57 bits per heavy atom. The molecular formula is C17H20N2O3S. The van der Waals surface area contributed by atoms with Gasteiger partial charge in [0.1, 0.15) is 0 Å². The van der Waals surface area contributed by atoms with E-state index in [0.29, 0.717) is 5.69 Å². The Labute approximate surface area is 137 Å². The van der Waals surface area contributed by atoms with Gasteiger partial charge in [-0.3, -0.25) is 4.90 Å². The number of carbonyl (C=O) groups is 1. The largest absolute Gasteiger partial charge is 0.336 e. The molecule has 5 nitrogen and oxygen atoms in total. The molecular weight excluding hydrogens is 312 g/mol. The summed E-state index contributed by atoms with van der Waals surface area (Å²) in [6.07, 6.45) is 0. The fourth-order valence-electron chi connectivity index (χ4n) is 2.18. The van der Waals surface area contributed by atoms with Crippen molar-refractivity contribution in [3.63, 3.8) is 0 Å². The lowest BCUT2D eigenvalue weighted by atomic mass is 10.2. The molecule has 0 aliphatic carbocycles. The summed E-state index contributed by atoms with van der Waals surface area (Å²) >= 11 is 0. The van der Waals surface area contributed by atoms with Crippen LogP contribution in [0.3, 0.4) is 0 Å². The minimum atomic E-state index is -3.90. The number of para-hydroxylation sites is 1. The molecule has 0 fully saturated rings. The molecule has 0 aliphatic rings. The number of hydrogen-bond acceptors (Lipinski definition) is 3. The second-order valence-corrected chi connectivity index (χ2v) is 7.21. The van der Waals surface area contributed by atoms with E-state index in [4.69, 9.17) is 0 Å². The summed E-state index contributed by atoms with van der Waals surface area (Å²) in [5, 5.41) is 0. The minimum Gasteiger partial charge on any atom is -0.291 e. The molecule has 0 spiro atoms. The molecule has 0 aromatic heterocycles. The highest BCUT2D eigenvalue weighted by atomic mass is 32.2. The molecule has 0 atom stereocenters. The Hall–Kier alpha value is -2.34. The van der Waals surface area contributed by atoms with E-state index in [1.54, 1.807) is 36.4 Å². The van der Waals surface area contributed by atoms with E-state index in [0.717, 1.165) is 5.56 Å². The van der Waals surface area contributed by atoms with Crippen molar-refractivity contribution in [3.8, 4) is 0 Å². The van der Waals surface area contributed by atoms with Crippen molar-refractivity contribution >= 4 is 21.7 Å². The quantitative estimate of drug-likeness (QED) is 0.934. The van der Waals surface area contributed by atoms with E-state index in [1.165, 1.54) is 17.0 Å². The lowest BCUT2D eigenvalue weighted by molar-refractivity contribution is 0.249. The molecule has 23 heavy (non-hydrogen) atoms. The summed E-state index contributed by atoms with van der Waals surface area (Å²) in [5.74, 6) is 0. The molecule has 0 unspecified atom stereocenters. The number of anilines is 1. The van der Waals surface area contributed by atoms with Crippen molar-refractivity contribution in [1.82, 2.24) is 4.72 Å². The zero-order valence-electron chi connectivity index (χ0n) is 13.4. The summed E-state index contributed by atoms with van der Waals surface area (Å²) in [6.45, 7) is 5.51. The zero-order valence-corrected chi connectivity index (χ0v) is 14.2. The molecule has 6 heteroatoms. The molecule has 1 N–H and O–H groups in total. The van der Waals surface area contributed by atoms with Crippen LogP contribution in [0.15, 0.2) is 59.5 Å². The number of hydrogen-bond donors (Lipinski definition) is 1. The standard InChI is InChI=1S/C17H20N2O3S/c1-13(2)19(15-7-5-4-6-8-15)17(20)18-23(21,22)16-11-9-14(3)10-12-16/h4-13H,1-3H3,(H,18,20). The smallest absolute Gasteiger partial charge is 0.291 e. The second-order valence-electron chi connectivity index (χ2n) is 5.52. The van der Waals surface area contributed by atoms with Gasteiger partial charge in [-0.05, 0) is 45.0 Å². The third kappa shape index (κ3) is 4.10. The van der Waals surface area contributed by atoms with Crippen LogP contribution in [0.4, 0.5) is 10.5 Å². The van der Waals surface area contributed by atoms with Gasteiger partial charge in [-0.1, -0.05) is 35.9 Å². The van der Waals surface area contributed by atoms with Crippen LogP contribution in [0.25, 0.3) is 0 Å². The predicted molar refractivity (Wildman–Crippen MR) is 91.0 cm³/mol. The van der Waals surface area contributed by atoms with Crippen molar-refractivity contribution in [2.24, 2.45) is 0 Å². The first-order valence-electron chi connectivity index (χ1n) is 7.29. The number of rotatable bonds is 4. The molecule has 122 valence electrons. The van der Waals surface area contributed by atoms with Gasteiger partial charge < -0.3 is 0 Å². The van der Waals surface area contributed by atoms with Gasteiger partial charge in [-0.25, -0.2) is 17.9 Å². The lowest BCUT2D eigenvalue weighted by Crippen LogP contribution is -2.46. The third-order valence-corrected chi connectivity index (χ3v) is 4.66. The number of sulfonamides is 1. The Balaban J connectivity index is 2.26. The number of urea groups is 1. The van der Waals surface area contributed by atoms with Crippen molar-refractivity contribution in [2.75, 3.05) is 4.90 Å². The average Bonchev–Trinajstić information content (AvgIpc) is 2.48. The Morgan fingerprint density at radius 1 is 1.00 bits per heavy atom. The van der Waals surface area contributed by atoms with Crippen LogP contribution in [0, 0.1) is 6.92 Å². The highest BCUT2D eigenvalue weighted by Crippen LogP contribution is 2.18. The predicted octanol–water partition coefficient (Wildman–Crippen LogP) is 3.31. The summed E-state index contributed by atoms with van der Waals surface area (Å²) in [7, 11) is -3.90. The topological polar surface area (TPSA) is 66.5 Å². The molecule has 0 saturated heterocycles. The van der Waals surface area contributed by atoms with E-state index >= 15 is 0 Å². The highest BCUT2D eigenvalue weighted by Gasteiger charge is 2.24. The minimum absolute atomic E-state index is 0.0632. The number of carbonyl (C=O) groups excluding carboxylic acids is 1. The monoisotopic (exact) mass is 332 g/mol. The maximum atomic E-state index is 12.5. The first kappa shape index (κ1) is 17.0. The van der Waals surface area contributed by atoms with Gasteiger partial charge in [0.05, 0.1) is 4.90 Å². The van der Waals surface area contributed by atoms with E-state index < -0.39 is 16.1 Å². The molecule has 2 aromatic carbocycles. The molecule has 0 radical (unpaired) electrons. The summed E-state index contributed by atoms with van der Waals surface area (Å²) in [6, 6.07) is 14.4. The van der Waals surface area contributed by atoms with Crippen molar-refractivity contribution in [2.45, 2.75) is 31.7 Å². The number of aryl methyl sites for hydroxylation is 1. The van der Waals surface area contributed by atoms with Crippen molar-refractivity contribution in [3.05, 3.63) is 60.2 Å². The maximum absolute atomic E-state index is 12.5. The molecule has 2 rings (SSSR count). The molecule has 0 saturated carbocycles. The van der Waals surface area contributed by atoms with Gasteiger partial charge in [0.2, 0.25) is 0 Å². The average molecular weight is 332 g/mol. The van der Waals surface area contributed by atoms with Gasteiger partial charge in [0.25, 0.3) is 10.0 Å². The van der Waals surface area contributed by atoms with Crippen LogP contribution in [0.5, 0.6) is 0 Å². The second kappa shape index (κ2) is 6.83. The molecule has 2 amide bonds. The first-order chi connectivity index (χ1) is 10.8. The Kier molecular flexibility index (Phi) is 5.05. The number of nitrogens with one attached hydrogen (secondary N) is 1. The van der Waals surface area contributed by atoms with E-state index in [2.05, 4.69) is 4.72 Å². The van der Waals surface area contributed by atoms with Gasteiger partial charge in [0.15, 0.2) is 0 Å². The molecule has 0 heterocycles. The fourth-order valence-corrected chi connectivity index (χ4v) is 3.12. The molecule has 0 aliphatic heterocycles. The van der Waals surface area contributed by atoms with E-state index in [-0.39, 0.29) is 10.9 Å². The Bertz CT molecular complexity index is 769. The summed E-state index contributed by atoms with van der Waals surface area (Å²) in [5.41, 5.74) is 1.59. The fraction of sp³-hybridized carbons (Fsp3) is 0.235. The van der Waals surface area contributed by atoms with Gasteiger partial charge in [-0.15, -0.1) is 0 Å². The van der Waals surface area contributed by atoms with Gasteiger partial charge in [-0.2, -0.15) is 0 Å². The normalized spacial score (nSPS) is 11.3. The van der Waals surface area contributed by atoms with Crippen LogP contribution in [-0.2, 0) is 10.0 Å². The SMILES string of the molecule is Cc1ccc(S(=O)(=O)NC(=O)N(c2ccccc2)C(C)C)cc1. The van der Waals surface area contributed by atoms with E-state index in [9.17, 15) is 13.2 Å². The lowest BCUT2D eigenvalue weighted by Gasteiger charge is -2.26. The third-order valence-electron chi connectivity index (χ3n) is 3.32. The van der Waals surface area contributed by atoms with E-state index in [1.807, 2.05) is 26.8 Å². The number of nitrogens with zero attached hydrogens (tertiary/aromatic N) is 1. The van der Waals surface area contributed by atoms with Crippen molar-refractivity contribution in [1.29, 1.82) is 0 Å². The summed E-state index contributed by atoms with van der Waals surface area (Å²) in [4.78, 5) is 13.9. The maximum Gasteiger partial charge on any atom is 0.336 e. The molecule has 2 aromatic rings. The van der Waals surface area contributed by atoms with Crippen LogP contribution < -0.4 is 9.62 Å². The summed E-state index contributed by atoms with van der Waals surface area (Å²) < 4.78 is 26.8. The van der Waals surface area contributed by atoms with Crippen LogP contribution in [0.2, 0.25) is 0 Å². The zero-order chi connectivity index (χ0) is 17.0. The number of amides is 2.